The zero-order valence-corrected chi connectivity index (χ0v) is 48.0. The van der Waals surface area contributed by atoms with Crippen molar-refractivity contribution in [1.82, 2.24) is 63.1 Å². The number of benzene rings is 3. The molecule has 7 aromatic heterocycles. The monoisotopic (exact) mass is 1170 g/mol. The number of morpholine rings is 1. The molecule has 2 fully saturated rings. The highest BCUT2D eigenvalue weighted by Gasteiger charge is 2.19. The number of fused-ring (bicyclic) bond motifs is 2. The molecule has 0 spiro atoms. The fourth-order valence-corrected chi connectivity index (χ4v) is 10.3. The Bertz CT molecular complexity index is 3810. The van der Waals surface area contributed by atoms with Crippen molar-refractivity contribution in [2.45, 2.75) is 80.1 Å². The number of aromatic nitrogens is 11. The third kappa shape index (κ3) is 15.0. The van der Waals surface area contributed by atoms with Gasteiger partial charge in [-0.3, -0.25) is 37.6 Å². The number of imidazole rings is 2. The van der Waals surface area contributed by atoms with Gasteiger partial charge in [0.25, 0.3) is 0 Å². The van der Waals surface area contributed by atoms with Crippen molar-refractivity contribution >= 4 is 68.6 Å². The Morgan fingerprint density at radius 1 is 0.655 bits per heavy atom. The minimum atomic E-state index is -1.10. The Labute approximate surface area is 486 Å². The molecule has 3 aromatic carbocycles. The number of aryl methyl sites for hydroxylation is 3. The smallest absolute Gasteiger partial charge is 0.246 e. The van der Waals surface area contributed by atoms with Gasteiger partial charge in [0.05, 0.1) is 84.9 Å². The van der Waals surface area contributed by atoms with E-state index in [9.17, 15) is 27.2 Å². The van der Waals surface area contributed by atoms with Gasteiger partial charge >= 0.3 is 0 Å². The van der Waals surface area contributed by atoms with E-state index in [1.54, 1.807) is 29.9 Å². The third-order valence-electron chi connectivity index (χ3n) is 13.4. The first-order valence-corrected chi connectivity index (χ1v) is 28.4. The van der Waals surface area contributed by atoms with E-state index in [0.29, 0.717) is 11.5 Å². The molecule has 0 aliphatic carbocycles. The van der Waals surface area contributed by atoms with Crippen LogP contribution >= 0.6 is 11.3 Å². The zero-order chi connectivity index (χ0) is 59.1. The van der Waals surface area contributed by atoms with E-state index in [2.05, 4.69) is 91.5 Å². The first-order valence-electron chi connectivity index (χ1n) is 27.6. The number of hydrogen-bond donors (Lipinski definition) is 4. The summed E-state index contributed by atoms with van der Waals surface area (Å²) >= 11 is 1.61. The second kappa shape index (κ2) is 28.4. The maximum absolute atomic E-state index is 13.9. The first kappa shape index (κ1) is 59.7. The Morgan fingerprint density at radius 3 is 1.83 bits per heavy atom. The predicted octanol–water partition coefficient (Wildman–Crippen LogP) is 11.1. The van der Waals surface area contributed by atoms with E-state index in [4.69, 9.17) is 9.72 Å². The van der Waals surface area contributed by atoms with Crippen molar-refractivity contribution in [3.8, 4) is 22.5 Å². The van der Waals surface area contributed by atoms with Crippen LogP contribution in [0.4, 0.5) is 51.3 Å². The van der Waals surface area contributed by atoms with E-state index in [-0.39, 0.29) is 24.3 Å². The summed E-state index contributed by atoms with van der Waals surface area (Å²) in [5, 5.41) is 21.9. The number of likely N-dealkylation sites (tertiary alicyclic amines) is 1. The van der Waals surface area contributed by atoms with Crippen molar-refractivity contribution in [3.63, 3.8) is 0 Å². The predicted molar refractivity (Wildman–Crippen MR) is 316 cm³/mol. The standard InChI is InChI=1S/C27H27F2N9OS.C23H27N7O.C7H5F2NO.C2H6/c1-17-13-38-21(18-10-32-37(14-18)15-22(39)34-20-7-5-6-19(28)25(20)29)11-31-27(38)26(33-17)35-23-12-30-24(40-23)16-36-8-3-2-4-9-36;1-3-29-16-19(12-25-29)21-13-24-23-22(26-17(2)14-30(21)23)27-20-6-4-18(5-7-20)15-28-8-10-31-11-9-28;8-5-2-1-3-6(7(5)9)10-4-11;1-2/h5-7,10-14H,2-4,8-9,15-16H2,1H3,(H,33,35)(H,34,39);4-7,12-14,16H,3,8-11,15H2,1-2H3,(H,26,27);1-4H,(H,10,11);1-2H3. The summed E-state index contributed by atoms with van der Waals surface area (Å²) < 4.78 is 65.1. The summed E-state index contributed by atoms with van der Waals surface area (Å²) in [5.74, 6) is -3.32. The molecule has 20 nitrogen and oxygen atoms in total. The highest BCUT2D eigenvalue weighted by molar-refractivity contribution is 7.15. The van der Waals surface area contributed by atoms with Gasteiger partial charge in [-0.15, -0.1) is 0 Å². The van der Waals surface area contributed by atoms with Gasteiger partial charge in [-0.2, -0.15) is 10.2 Å². The average Bonchev–Trinajstić information content (AvgIpc) is 4.38. The number of thiazole rings is 1. The Kier molecular flexibility index (Phi) is 20.2. The van der Waals surface area contributed by atoms with Crippen LogP contribution in [0.15, 0.2) is 116 Å². The van der Waals surface area contributed by atoms with Crippen molar-refractivity contribution < 1.29 is 31.9 Å². The lowest BCUT2D eigenvalue weighted by Crippen LogP contribution is -2.35. The van der Waals surface area contributed by atoms with Gasteiger partial charge in [-0.25, -0.2) is 42.5 Å². The minimum Gasteiger partial charge on any atom is -0.379 e. The normalized spacial score (nSPS) is 13.5. The largest absolute Gasteiger partial charge is 0.379 e. The second-order valence-corrected chi connectivity index (χ2v) is 20.6. The molecule has 438 valence electrons. The first-order chi connectivity index (χ1) is 40.9. The van der Waals surface area contributed by atoms with E-state index < -0.39 is 29.2 Å². The molecule has 25 heteroatoms. The van der Waals surface area contributed by atoms with Crippen molar-refractivity contribution in [2.75, 3.05) is 60.7 Å². The zero-order valence-electron chi connectivity index (χ0n) is 47.2. The topological polar surface area (TPSA) is 207 Å². The molecule has 0 atom stereocenters. The molecule has 10 aromatic rings. The molecule has 0 unspecified atom stereocenters. The Balaban J connectivity index is 0.000000170. The molecule has 2 amide bonds. The van der Waals surface area contributed by atoms with Gasteiger partial charge in [-0.1, -0.05) is 55.9 Å². The number of hydrogen-bond acceptors (Lipinski definition) is 15. The van der Waals surface area contributed by atoms with E-state index >= 15 is 0 Å². The minimum absolute atomic E-state index is 0.153. The fourth-order valence-electron chi connectivity index (χ4n) is 9.39. The summed E-state index contributed by atoms with van der Waals surface area (Å²) in [6, 6.07) is 15.7. The van der Waals surface area contributed by atoms with Gasteiger partial charge in [-0.05, 0) is 88.7 Å². The molecule has 0 bridgehead atoms. The number of piperidine rings is 1. The number of halogens is 4. The second-order valence-electron chi connectivity index (χ2n) is 19.5. The van der Waals surface area contributed by atoms with Crippen LogP contribution in [0.1, 0.15) is 62.0 Å². The number of carbonyl (C=O) groups is 2. The van der Waals surface area contributed by atoms with Crippen LogP contribution < -0.4 is 21.3 Å². The molecule has 12 rings (SSSR count). The van der Waals surface area contributed by atoms with E-state index in [1.165, 1.54) is 53.8 Å². The lowest BCUT2D eigenvalue weighted by molar-refractivity contribution is -0.117. The lowest BCUT2D eigenvalue weighted by atomic mass is 10.1. The van der Waals surface area contributed by atoms with E-state index in [1.807, 2.05) is 79.3 Å². The number of nitrogens with one attached hydrogen (secondary N) is 4. The van der Waals surface area contributed by atoms with Crippen LogP contribution in [-0.4, -0.2) is 115 Å². The number of anilines is 6. The number of carbonyl (C=O) groups excluding carboxylic acids is 2. The summed E-state index contributed by atoms with van der Waals surface area (Å²) in [4.78, 5) is 50.3. The van der Waals surface area contributed by atoms with Gasteiger partial charge in [0.15, 0.2) is 46.2 Å². The molecule has 9 heterocycles. The average molecular weight is 1170 g/mol. The van der Waals surface area contributed by atoms with Crippen LogP contribution in [0.3, 0.4) is 0 Å². The highest BCUT2D eigenvalue weighted by Crippen LogP contribution is 2.30. The lowest BCUT2D eigenvalue weighted by Gasteiger charge is -2.26. The summed E-state index contributed by atoms with van der Waals surface area (Å²) in [6.45, 7) is 18.3. The Morgan fingerprint density at radius 2 is 1.23 bits per heavy atom. The molecule has 84 heavy (non-hydrogen) atoms. The number of amides is 2. The van der Waals surface area contributed by atoms with Crippen molar-refractivity contribution in [3.05, 3.63) is 162 Å². The van der Waals surface area contributed by atoms with Crippen LogP contribution in [0.2, 0.25) is 0 Å². The van der Waals surface area contributed by atoms with Crippen LogP contribution in [0.5, 0.6) is 0 Å². The van der Waals surface area contributed by atoms with Gasteiger partial charge in [0.2, 0.25) is 12.3 Å². The molecule has 2 saturated heterocycles. The number of ether oxygens (including phenoxy) is 1. The number of nitrogens with zero attached hydrogens (tertiary/aromatic N) is 13. The summed E-state index contributed by atoms with van der Waals surface area (Å²) in [6.07, 6.45) is 20.6. The summed E-state index contributed by atoms with van der Waals surface area (Å²) in [5.41, 5.74) is 8.60. The van der Waals surface area contributed by atoms with Crippen LogP contribution in [0, 0.1) is 37.1 Å². The van der Waals surface area contributed by atoms with Crippen molar-refractivity contribution in [1.29, 1.82) is 0 Å². The third-order valence-corrected chi connectivity index (χ3v) is 14.3. The highest BCUT2D eigenvalue weighted by atomic mass is 32.1. The molecule has 0 saturated carbocycles. The van der Waals surface area contributed by atoms with Crippen LogP contribution in [0.25, 0.3) is 33.8 Å². The SMILES string of the molecule is CC.CCn1cc(-c2cnc3c(Nc4ccc(CN5CCOCC5)cc4)nc(C)cn23)cn1.Cc1cn2c(-c3cnn(CC(=O)Nc4cccc(F)c4F)c3)cnc2c(Nc2cnc(CN3CCCCC3)s2)n1.O=CNc1cccc(F)c1F. The van der Waals surface area contributed by atoms with E-state index in [0.717, 1.165) is 132 Å². The number of rotatable bonds is 16. The summed E-state index contributed by atoms with van der Waals surface area (Å²) in [7, 11) is 0. The Hall–Kier alpha value is -8.91. The molecular formula is C59H65F4N17O3S. The molecular weight excluding hydrogens is 1100 g/mol. The molecule has 4 N–H and O–H groups in total. The molecule has 2 aliphatic heterocycles. The maximum atomic E-state index is 13.9. The van der Waals surface area contributed by atoms with Crippen molar-refractivity contribution in [2.24, 2.45) is 0 Å². The van der Waals surface area contributed by atoms with Gasteiger partial charge in [0.1, 0.15) is 16.6 Å². The fraction of sp³-hybridized carbons (Fsp3) is 0.305. The van der Waals surface area contributed by atoms with Gasteiger partial charge < -0.3 is 26.0 Å². The quantitative estimate of drug-likeness (QED) is 0.0525. The molecule has 2 aliphatic rings. The molecule has 0 radical (unpaired) electrons. The van der Waals surface area contributed by atoms with Crippen LogP contribution in [-0.2, 0) is 40.5 Å². The maximum Gasteiger partial charge on any atom is 0.246 e. The van der Waals surface area contributed by atoms with Gasteiger partial charge in [0, 0.05) is 67.8 Å².